The predicted octanol–water partition coefficient (Wildman–Crippen LogP) is 6.87. The van der Waals surface area contributed by atoms with Gasteiger partial charge in [0, 0.05) is 26.2 Å². The van der Waals surface area contributed by atoms with Crippen molar-refractivity contribution in [3.05, 3.63) is 102 Å². The van der Waals surface area contributed by atoms with E-state index in [-0.39, 0.29) is 11.9 Å². The summed E-state index contributed by atoms with van der Waals surface area (Å²) in [6, 6.07) is 21.6. The van der Waals surface area contributed by atoms with Crippen LogP contribution in [0.5, 0.6) is 17.2 Å². The van der Waals surface area contributed by atoms with Gasteiger partial charge < -0.3 is 14.4 Å². The first kappa shape index (κ1) is 22.5. The Labute approximate surface area is 190 Å². The third kappa shape index (κ3) is 5.94. The molecule has 0 fully saturated rings. The lowest BCUT2D eigenvalue weighted by molar-refractivity contribution is -0.137. The summed E-state index contributed by atoms with van der Waals surface area (Å²) in [7, 11) is 1.99. The van der Waals surface area contributed by atoms with E-state index in [2.05, 4.69) is 9.89 Å². The fourth-order valence-electron chi connectivity index (χ4n) is 3.38. The second-order valence-electron chi connectivity index (χ2n) is 7.63. The largest absolute Gasteiger partial charge is 0.486 e. The molecule has 0 saturated carbocycles. The van der Waals surface area contributed by atoms with Crippen molar-refractivity contribution >= 4 is 5.84 Å². The van der Waals surface area contributed by atoms with Crippen LogP contribution in [0, 0.1) is 0 Å². The van der Waals surface area contributed by atoms with E-state index in [9.17, 15) is 13.2 Å². The standard InChI is InChI=1S/C26H23F3N2O2/c1-31(25-14-16-30-25)17-15-24(19-6-3-2-4-7-19)33-22-12-10-21(11-13-22)32-23-9-5-8-20(18-23)26(27,28)29/h2-14,16,18,24H,15,17H2,1H3. The van der Waals surface area contributed by atoms with E-state index >= 15 is 0 Å². The molecular weight excluding hydrogens is 429 g/mol. The number of hydrogen-bond donors (Lipinski definition) is 0. The quantitative estimate of drug-likeness (QED) is 0.374. The van der Waals surface area contributed by atoms with Gasteiger partial charge in [0.25, 0.3) is 0 Å². The molecule has 0 N–H and O–H groups in total. The molecule has 0 amide bonds. The number of benzene rings is 3. The van der Waals surface area contributed by atoms with E-state index in [4.69, 9.17) is 9.47 Å². The van der Waals surface area contributed by atoms with Crippen molar-refractivity contribution in [3.8, 4) is 17.2 Å². The van der Waals surface area contributed by atoms with Crippen LogP contribution in [-0.4, -0.2) is 24.3 Å². The van der Waals surface area contributed by atoms with Gasteiger partial charge in [-0.25, -0.2) is 4.99 Å². The fourth-order valence-corrected chi connectivity index (χ4v) is 3.38. The van der Waals surface area contributed by atoms with Crippen molar-refractivity contribution in [1.29, 1.82) is 0 Å². The van der Waals surface area contributed by atoms with Gasteiger partial charge in [0.1, 0.15) is 29.2 Å². The van der Waals surface area contributed by atoms with Crippen molar-refractivity contribution in [2.24, 2.45) is 4.99 Å². The van der Waals surface area contributed by atoms with Crippen LogP contribution in [0.25, 0.3) is 0 Å². The molecular formula is C26H23F3N2O2. The van der Waals surface area contributed by atoms with E-state index in [1.165, 1.54) is 12.1 Å². The highest BCUT2D eigenvalue weighted by molar-refractivity contribution is 5.97. The molecule has 0 aliphatic carbocycles. The van der Waals surface area contributed by atoms with Gasteiger partial charge in [-0.05, 0) is 54.1 Å². The first-order chi connectivity index (χ1) is 15.9. The Bertz CT molecular complexity index is 1130. The molecule has 1 aliphatic heterocycles. The highest BCUT2D eigenvalue weighted by atomic mass is 19.4. The zero-order valence-electron chi connectivity index (χ0n) is 18.0. The Balaban J connectivity index is 1.43. The molecule has 33 heavy (non-hydrogen) atoms. The molecule has 0 radical (unpaired) electrons. The Hall–Kier alpha value is -3.74. The third-order valence-electron chi connectivity index (χ3n) is 5.22. The summed E-state index contributed by atoms with van der Waals surface area (Å²) >= 11 is 0. The van der Waals surface area contributed by atoms with E-state index in [1.54, 1.807) is 30.5 Å². The Morgan fingerprint density at radius 2 is 1.58 bits per heavy atom. The van der Waals surface area contributed by atoms with E-state index in [0.717, 1.165) is 36.5 Å². The number of alkyl halides is 3. The van der Waals surface area contributed by atoms with Gasteiger partial charge in [0.2, 0.25) is 0 Å². The summed E-state index contributed by atoms with van der Waals surface area (Å²) in [5.41, 5.74) is 0.306. The molecule has 170 valence electrons. The maximum absolute atomic E-state index is 12.9. The molecule has 1 aliphatic rings. The highest BCUT2D eigenvalue weighted by Gasteiger charge is 2.30. The third-order valence-corrected chi connectivity index (χ3v) is 5.22. The second kappa shape index (κ2) is 9.81. The molecule has 4 rings (SSSR count). The topological polar surface area (TPSA) is 34.1 Å². The number of ether oxygens (including phenoxy) is 2. The summed E-state index contributed by atoms with van der Waals surface area (Å²) in [5, 5.41) is 0. The SMILES string of the molecule is CN(CCC(Oc1ccc(Oc2cccc(C(F)(F)F)c2)cc1)c1ccccc1)C1=NC=C1. The summed E-state index contributed by atoms with van der Waals surface area (Å²) < 4.78 is 50.6. The van der Waals surface area contributed by atoms with Gasteiger partial charge in [-0.15, -0.1) is 0 Å². The van der Waals surface area contributed by atoms with Gasteiger partial charge in [-0.1, -0.05) is 36.4 Å². The maximum atomic E-state index is 12.9. The number of halogens is 3. The van der Waals surface area contributed by atoms with Crippen molar-refractivity contribution in [1.82, 2.24) is 4.90 Å². The van der Waals surface area contributed by atoms with Gasteiger partial charge >= 0.3 is 6.18 Å². The number of amidine groups is 1. The van der Waals surface area contributed by atoms with Crippen LogP contribution < -0.4 is 9.47 Å². The summed E-state index contributed by atoms with van der Waals surface area (Å²) in [5.74, 6) is 2.13. The van der Waals surface area contributed by atoms with Crippen LogP contribution >= 0.6 is 0 Å². The first-order valence-corrected chi connectivity index (χ1v) is 10.5. The first-order valence-electron chi connectivity index (χ1n) is 10.5. The van der Waals surface area contributed by atoms with Crippen LogP contribution in [0.3, 0.4) is 0 Å². The van der Waals surface area contributed by atoms with Gasteiger partial charge in [-0.3, -0.25) is 0 Å². The Morgan fingerprint density at radius 1 is 0.879 bits per heavy atom. The van der Waals surface area contributed by atoms with Crippen molar-refractivity contribution in [2.75, 3.05) is 13.6 Å². The average molecular weight is 452 g/mol. The maximum Gasteiger partial charge on any atom is 0.416 e. The molecule has 7 heteroatoms. The van der Waals surface area contributed by atoms with Gasteiger partial charge in [-0.2, -0.15) is 13.2 Å². The number of hydrogen-bond acceptors (Lipinski definition) is 4. The van der Waals surface area contributed by atoms with Crippen LogP contribution in [0.4, 0.5) is 13.2 Å². The minimum absolute atomic E-state index is 0.122. The fraction of sp³-hybridized carbons (Fsp3) is 0.192. The Morgan fingerprint density at radius 3 is 2.21 bits per heavy atom. The van der Waals surface area contributed by atoms with Crippen molar-refractivity contribution < 1.29 is 22.6 Å². The lowest BCUT2D eigenvalue weighted by atomic mass is 10.1. The van der Waals surface area contributed by atoms with E-state index in [0.29, 0.717) is 11.5 Å². The zero-order valence-corrected chi connectivity index (χ0v) is 18.0. The summed E-state index contributed by atoms with van der Waals surface area (Å²) in [4.78, 5) is 6.29. The average Bonchev–Trinajstić information content (AvgIpc) is 2.77. The molecule has 1 heterocycles. The van der Waals surface area contributed by atoms with Gasteiger partial charge in [0.05, 0.1) is 5.56 Å². The monoisotopic (exact) mass is 452 g/mol. The molecule has 0 saturated heterocycles. The van der Waals surface area contributed by atoms with Crippen molar-refractivity contribution in [3.63, 3.8) is 0 Å². The number of aliphatic imine (C=N–C) groups is 1. The lowest BCUT2D eigenvalue weighted by Crippen LogP contribution is -2.29. The normalized spacial score (nSPS) is 13.6. The van der Waals surface area contributed by atoms with E-state index < -0.39 is 11.7 Å². The molecule has 1 unspecified atom stereocenters. The molecule has 0 aromatic heterocycles. The summed E-state index contributed by atoms with van der Waals surface area (Å²) in [6.07, 6.45) is -0.121. The predicted molar refractivity (Wildman–Crippen MR) is 122 cm³/mol. The lowest BCUT2D eigenvalue weighted by Gasteiger charge is -2.25. The zero-order chi connectivity index (χ0) is 23.3. The minimum atomic E-state index is -4.42. The number of rotatable bonds is 8. The molecule has 4 nitrogen and oxygen atoms in total. The molecule has 1 atom stereocenters. The molecule has 3 aromatic carbocycles. The van der Waals surface area contributed by atoms with E-state index in [1.807, 2.05) is 43.5 Å². The Kier molecular flexibility index (Phi) is 6.68. The minimum Gasteiger partial charge on any atom is -0.486 e. The summed E-state index contributed by atoms with van der Waals surface area (Å²) in [6.45, 7) is 0.763. The second-order valence-corrected chi connectivity index (χ2v) is 7.63. The molecule has 0 bridgehead atoms. The van der Waals surface area contributed by atoms with Crippen LogP contribution in [0.15, 0.2) is 96.1 Å². The molecule has 3 aromatic rings. The van der Waals surface area contributed by atoms with Crippen LogP contribution in [0.2, 0.25) is 0 Å². The highest BCUT2D eigenvalue weighted by Crippen LogP contribution is 2.33. The smallest absolute Gasteiger partial charge is 0.416 e. The number of likely N-dealkylation sites (N-methyl/N-ethyl adjacent to an activating group) is 1. The van der Waals surface area contributed by atoms with Gasteiger partial charge in [0.15, 0.2) is 0 Å². The number of nitrogens with zero attached hydrogens (tertiary/aromatic N) is 2. The van der Waals surface area contributed by atoms with Crippen molar-refractivity contribution in [2.45, 2.75) is 18.7 Å². The van der Waals surface area contributed by atoms with Crippen LogP contribution in [0.1, 0.15) is 23.7 Å². The van der Waals surface area contributed by atoms with Crippen LogP contribution in [-0.2, 0) is 6.18 Å². The molecule has 0 spiro atoms.